The van der Waals surface area contributed by atoms with Crippen LogP contribution in [0.3, 0.4) is 0 Å². The van der Waals surface area contributed by atoms with Crippen molar-refractivity contribution in [3.63, 3.8) is 0 Å². The molecule has 146 valence electrons. The summed E-state index contributed by atoms with van der Waals surface area (Å²) < 4.78 is 11.1. The van der Waals surface area contributed by atoms with E-state index >= 15 is 0 Å². The van der Waals surface area contributed by atoms with Crippen molar-refractivity contribution in [2.45, 2.75) is 6.54 Å². The predicted octanol–water partition coefficient (Wildman–Crippen LogP) is 3.82. The lowest BCUT2D eigenvalue weighted by atomic mass is 10.1. The average Bonchev–Trinajstić information content (AvgIpc) is 3.16. The lowest BCUT2D eigenvalue weighted by Crippen LogP contribution is -2.27. The molecule has 0 aliphatic heterocycles. The van der Waals surface area contributed by atoms with E-state index in [9.17, 15) is 9.59 Å². The number of carbonyl (C=O) groups is 1. The fourth-order valence-corrected chi connectivity index (χ4v) is 3.92. The van der Waals surface area contributed by atoms with Crippen LogP contribution >= 0.6 is 23.1 Å². The number of nitrogens with zero attached hydrogens (tertiary/aromatic N) is 3. The Bertz CT molecular complexity index is 1250. The number of fused-ring (bicyclic) bond motifs is 1. The largest absolute Gasteiger partial charge is 0.495 e. The van der Waals surface area contributed by atoms with E-state index in [1.807, 2.05) is 30.3 Å². The lowest BCUT2D eigenvalue weighted by molar-refractivity contribution is -0.116. The number of hydrogen-bond acceptors (Lipinski definition) is 6. The molecule has 0 saturated heterocycles. The van der Waals surface area contributed by atoms with Crippen LogP contribution in [0.4, 0.5) is 5.69 Å². The maximum Gasteiger partial charge on any atom is 0.273 e. The molecular weight excluding hydrogens is 412 g/mol. The van der Waals surface area contributed by atoms with Gasteiger partial charge in [-0.3, -0.25) is 14.2 Å². The molecule has 9 heteroatoms. The first-order valence-corrected chi connectivity index (χ1v) is 9.75. The Labute approximate surface area is 174 Å². The van der Waals surface area contributed by atoms with Gasteiger partial charge in [-0.2, -0.15) is 4.37 Å². The highest BCUT2D eigenvalue weighted by Crippen LogP contribution is 2.28. The molecule has 0 spiro atoms. The van der Waals surface area contributed by atoms with E-state index in [-0.39, 0.29) is 18.0 Å². The molecule has 0 aliphatic rings. The summed E-state index contributed by atoms with van der Waals surface area (Å²) in [6.45, 7) is -0.177. The Morgan fingerprint density at radius 3 is 2.76 bits per heavy atom. The quantitative estimate of drug-likeness (QED) is 0.524. The van der Waals surface area contributed by atoms with Crippen molar-refractivity contribution in [1.82, 2.24) is 13.9 Å². The van der Waals surface area contributed by atoms with Gasteiger partial charge in [0.1, 0.15) is 28.2 Å². The van der Waals surface area contributed by atoms with Gasteiger partial charge in [0.15, 0.2) is 0 Å². The van der Waals surface area contributed by atoms with Crippen molar-refractivity contribution in [2.24, 2.45) is 0 Å². The number of halogens is 1. The SMILES string of the molecule is COc1ccc(NC(=O)Cn2cnc3c(-c4ccccc4)nsc3c2=O)cc1Cl. The number of carbonyl (C=O) groups excluding carboxylic acids is 1. The molecule has 2 aromatic carbocycles. The molecular formula is C20H15ClN4O3S. The van der Waals surface area contributed by atoms with Crippen LogP contribution in [0.1, 0.15) is 0 Å². The van der Waals surface area contributed by atoms with E-state index in [2.05, 4.69) is 14.7 Å². The van der Waals surface area contributed by atoms with Crippen molar-refractivity contribution in [3.8, 4) is 17.0 Å². The number of ether oxygens (including phenoxy) is 1. The summed E-state index contributed by atoms with van der Waals surface area (Å²) in [5.74, 6) is 0.136. The standard InChI is InChI=1S/C20H15ClN4O3S/c1-28-15-8-7-13(9-14(15)21)23-16(26)10-25-11-22-18-17(12-5-3-2-4-6-12)24-29-19(18)20(25)27/h2-9,11H,10H2,1H3,(H,23,26). The van der Waals surface area contributed by atoms with Gasteiger partial charge < -0.3 is 10.1 Å². The van der Waals surface area contributed by atoms with E-state index < -0.39 is 0 Å². The van der Waals surface area contributed by atoms with E-state index in [4.69, 9.17) is 16.3 Å². The van der Waals surface area contributed by atoms with Gasteiger partial charge in [-0.15, -0.1) is 0 Å². The zero-order valence-electron chi connectivity index (χ0n) is 15.3. The van der Waals surface area contributed by atoms with Crippen molar-refractivity contribution < 1.29 is 9.53 Å². The van der Waals surface area contributed by atoms with Crippen molar-refractivity contribution >= 4 is 44.9 Å². The number of hydrogen-bond donors (Lipinski definition) is 1. The minimum Gasteiger partial charge on any atom is -0.495 e. The van der Waals surface area contributed by atoms with Crippen LogP contribution in [0.15, 0.2) is 59.7 Å². The smallest absolute Gasteiger partial charge is 0.273 e. The number of rotatable bonds is 5. The van der Waals surface area contributed by atoms with Gasteiger partial charge in [0.25, 0.3) is 5.56 Å². The predicted molar refractivity (Wildman–Crippen MR) is 114 cm³/mol. The molecule has 7 nitrogen and oxygen atoms in total. The zero-order chi connectivity index (χ0) is 20.4. The average molecular weight is 427 g/mol. The third-order valence-corrected chi connectivity index (χ3v) is 5.37. The Kier molecular flexibility index (Phi) is 5.28. The van der Waals surface area contributed by atoms with E-state index in [1.54, 1.807) is 18.2 Å². The second kappa shape index (κ2) is 8.02. The van der Waals surface area contributed by atoms with Gasteiger partial charge in [-0.1, -0.05) is 41.9 Å². The number of anilines is 1. The molecule has 2 heterocycles. The first-order valence-electron chi connectivity index (χ1n) is 8.60. The van der Waals surface area contributed by atoms with Crippen LogP contribution < -0.4 is 15.6 Å². The zero-order valence-corrected chi connectivity index (χ0v) is 16.8. The minimum absolute atomic E-state index is 0.177. The molecule has 0 atom stereocenters. The van der Waals surface area contributed by atoms with Gasteiger partial charge in [-0.05, 0) is 29.7 Å². The van der Waals surface area contributed by atoms with E-state index in [0.29, 0.717) is 32.4 Å². The molecule has 1 amide bonds. The van der Waals surface area contributed by atoms with E-state index in [0.717, 1.165) is 17.1 Å². The summed E-state index contributed by atoms with van der Waals surface area (Å²) in [4.78, 5) is 29.5. The van der Waals surface area contributed by atoms with Crippen LogP contribution in [0, 0.1) is 0 Å². The highest BCUT2D eigenvalue weighted by molar-refractivity contribution is 7.13. The molecule has 0 saturated carbocycles. The fourth-order valence-electron chi connectivity index (χ4n) is 2.85. The second-order valence-corrected chi connectivity index (χ2v) is 7.33. The lowest BCUT2D eigenvalue weighted by Gasteiger charge is -2.09. The summed E-state index contributed by atoms with van der Waals surface area (Å²) in [5, 5.41) is 3.09. The Morgan fingerprint density at radius 2 is 2.03 bits per heavy atom. The summed E-state index contributed by atoms with van der Waals surface area (Å²) in [5.41, 5.74) is 2.28. The first-order chi connectivity index (χ1) is 14.1. The number of aromatic nitrogens is 3. The summed E-state index contributed by atoms with van der Waals surface area (Å²) in [7, 11) is 1.51. The van der Waals surface area contributed by atoms with Crippen LogP contribution in [0.25, 0.3) is 21.5 Å². The first kappa shape index (κ1) is 19.1. The summed E-state index contributed by atoms with van der Waals surface area (Å²) >= 11 is 7.15. The molecule has 0 aliphatic carbocycles. The van der Waals surface area contributed by atoms with Crippen LogP contribution in [-0.2, 0) is 11.3 Å². The van der Waals surface area contributed by atoms with Gasteiger partial charge >= 0.3 is 0 Å². The maximum atomic E-state index is 12.8. The Morgan fingerprint density at radius 1 is 1.24 bits per heavy atom. The van der Waals surface area contributed by atoms with Gasteiger partial charge in [0.2, 0.25) is 5.91 Å². The van der Waals surface area contributed by atoms with E-state index in [1.165, 1.54) is 18.0 Å². The van der Waals surface area contributed by atoms with Gasteiger partial charge in [-0.25, -0.2) is 4.98 Å². The van der Waals surface area contributed by atoms with Crippen LogP contribution in [0.2, 0.25) is 5.02 Å². The number of benzene rings is 2. The molecule has 0 bridgehead atoms. The molecule has 4 rings (SSSR count). The molecule has 0 unspecified atom stereocenters. The highest BCUT2D eigenvalue weighted by Gasteiger charge is 2.15. The van der Waals surface area contributed by atoms with Crippen LogP contribution in [0.5, 0.6) is 5.75 Å². The maximum absolute atomic E-state index is 12.8. The molecule has 0 fully saturated rings. The molecule has 4 aromatic rings. The second-order valence-electron chi connectivity index (χ2n) is 6.15. The van der Waals surface area contributed by atoms with Crippen molar-refractivity contribution in [1.29, 1.82) is 0 Å². The third kappa shape index (κ3) is 3.85. The Balaban J connectivity index is 1.57. The molecule has 29 heavy (non-hydrogen) atoms. The van der Waals surface area contributed by atoms with Crippen molar-refractivity contribution in [3.05, 3.63) is 70.2 Å². The number of methoxy groups -OCH3 is 1. The summed E-state index contributed by atoms with van der Waals surface area (Å²) in [6.07, 6.45) is 1.37. The number of amides is 1. The van der Waals surface area contributed by atoms with Crippen molar-refractivity contribution in [2.75, 3.05) is 12.4 Å². The monoisotopic (exact) mass is 426 g/mol. The third-order valence-electron chi connectivity index (χ3n) is 4.25. The number of nitrogens with one attached hydrogen (secondary N) is 1. The Hall–Kier alpha value is -3.23. The molecule has 2 aromatic heterocycles. The highest BCUT2D eigenvalue weighted by atomic mass is 35.5. The topological polar surface area (TPSA) is 86.1 Å². The van der Waals surface area contributed by atoms with Gasteiger partial charge in [0, 0.05) is 11.3 Å². The van der Waals surface area contributed by atoms with Gasteiger partial charge in [0.05, 0.1) is 18.5 Å². The normalized spacial score (nSPS) is 10.8. The summed E-state index contributed by atoms with van der Waals surface area (Å²) in [6, 6.07) is 14.4. The minimum atomic E-state index is -0.373. The molecule has 0 radical (unpaired) electrons. The van der Waals surface area contributed by atoms with Crippen LogP contribution in [-0.4, -0.2) is 26.9 Å². The molecule has 1 N–H and O–H groups in total. The fraction of sp³-hybridized carbons (Fsp3) is 0.100.